The number of aliphatic hydroxyl groups excluding tert-OH is 1. The Balaban J connectivity index is 3.21. The van der Waals surface area contributed by atoms with E-state index in [9.17, 15) is 4.79 Å². The molecule has 0 rings (SSSR count). The molecule has 0 fully saturated rings. The predicted octanol–water partition coefficient (Wildman–Crippen LogP) is 2.05. The SMILES string of the molecule is C=C[C@@H](O)CCCCCC(=O)OCC. The van der Waals surface area contributed by atoms with E-state index in [2.05, 4.69) is 6.58 Å². The van der Waals surface area contributed by atoms with Crippen LogP contribution in [0.3, 0.4) is 0 Å². The van der Waals surface area contributed by atoms with Gasteiger partial charge in [0.15, 0.2) is 0 Å². The molecule has 0 aromatic carbocycles. The number of esters is 1. The molecule has 0 saturated carbocycles. The highest BCUT2D eigenvalue weighted by atomic mass is 16.5. The average Bonchev–Trinajstić information content (AvgIpc) is 2.17. The first-order valence-electron chi connectivity index (χ1n) is 5.17. The molecule has 14 heavy (non-hydrogen) atoms. The summed E-state index contributed by atoms with van der Waals surface area (Å²) in [5, 5.41) is 9.14. The van der Waals surface area contributed by atoms with Crippen molar-refractivity contribution in [1.82, 2.24) is 0 Å². The quantitative estimate of drug-likeness (QED) is 0.370. The molecule has 0 aromatic rings. The number of aliphatic hydroxyl groups is 1. The molecule has 0 saturated heterocycles. The molecule has 0 bridgehead atoms. The number of unbranched alkanes of at least 4 members (excludes halogenated alkanes) is 2. The van der Waals surface area contributed by atoms with E-state index in [4.69, 9.17) is 9.84 Å². The topological polar surface area (TPSA) is 46.5 Å². The molecule has 1 N–H and O–H groups in total. The first-order chi connectivity index (χ1) is 6.70. The summed E-state index contributed by atoms with van der Waals surface area (Å²) in [5.41, 5.74) is 0. The zero-order chi connectivity index (χ0) is 10.8. The summed E-state index contributed by atoms with van der Waals surface area (Å²) >= 11 is 0. The number of hydrogen-bond acceptors (Lipinski definition) is 3. The molecule has 0 aliphatic carbocycles. The maximum Gasteiger partial charge on any atom is 0.305 e. The Morgan fingerprint density at radius 1 is 1.50 bits per heavy atom. The molecule has 0 heterocycles. The highest BCUT2D eigenvalue weighted by Gasteiger charge is 2.01. The van der Waals surface area contributed by atoms with Crippen LogP contribution in [-0.4, -0.2) is 23.8 Å². The molecule has 0 aliphatic rings. The summed E-state index contributed by atoms with van der Waals surface area (Å²) in [6.07, 6.45) is 5.05. The van der Waals surface area contributed by atoms with Crippen molar-refractivity contribution in [1.29, 1.82) is 0 Å². The predicted molar refractivity (Wildman–Crippen MR) is 55.9 cm³/mol. The fraction of sp³-hybridized carbons (Fsp3) is 0.727. The van der Waals surface area contributed by atoms with Gasteiger partial charge in [0.25, 0.3) is 0 Å². The first kappa shape index (κ1) is 13.2. The van der Waals surface area contributed by atoms with Gasteiger partial charge in [0.1, 0.15) is 0 Å². The summed E-state index contributed by atoms with van der Waals surface area (Å²) < 4.78 is 4.79. The van der Waals surface area contributed by atoms with Gasteiger partial charge in [-0.15, -0.1) is 6.58 Å². The van der Waals surface area contributed by atoms with Gasteiger partial charge in [-0.05, 0) is 19.8 Å². The van der Waals surface area contributed by atoms with Gasteiger partial charge in [0, 0.05) is 6.42 Å². The summed E-state index contributed by atoms with van der Waals surface area (Å²) in [4.78, 5) is 10.9. The molecule has 3 heteroatoms. The lowest BCUT2D eigenvalue weighted by Gasteiger charge is -2.04. The van der Waals surface area contributed by atoms with E-state index < -0.39 is 6.10 Å². The molecule has 0 radical (unpaired) electrons. The largest absolute Gasteiger partial charge is 0.466 e. The Kier molecular flexibility index (Phi) is 8.24. The monoisotopic (exact) mass is 200 g/mol. The molecule has 1 atom stereocenters. The fourth-order valence-electron chi connectivity index (χ4n) is 1.15. The number of rotatable bonds is 8. The van der Waals surface area contributed by atoms with Crippen LogP contribution < -0.4 is 0 Å². The van der Waals surface area contributed by atoms with Crippen LogP contribution >= 0.6 is 0 Å². The minimum atomic E-state index is -0.405. The molecule has 0 aromatic heterocycles. The maximum absolute atomic E-state index is 10.9. The summed E-state index contributed by atoms with van der Waals surface area (Å²) in [5.74, 6) is -0.128. The molecule has 3 nitrogen and oxygen atoms in total. The van der Waals surface area contributed by atoms with Crippen LogP contribution in [0, 0.1) is 0 Å². The van der Waals surface area contributed by atoms with Crippen LogP contribution in [0.2, 0.25) is 0 Å². The van der Waals surface area contributed by atoms with Gasteiger partial charge in [-0.3, -0.25) is 4.79 Å². The van der Waals surface area contributed by atoms with Crippen LogP contribution in [0.4, 0.5) is 0 Å². The third-order valence-electron chi connectivity index (χ3n) is 1.96. The van der Waals surface area contributed by atoms with Crippen molar-refractivity contribution in [2.24, 2.45) is 0 Å². The molecular weight excluding hydrogens is 180 g/mol. The van der Waals surface area contributed by atoms with Crippen molar-refractivity contribution >= 4 is 5.97 Å². The van der Waals surface area contributed by atoms with E-state index in [0.29, 0.717) is 13.0 Å². The Hall–Kier alpha value is -0.830. The zero-order valence-electron chi connectivity index (χ0n) is 8.87. The van der Waals surface area contributed by atoms with Gasteiger partial charge in [0.05, 0.1) is 12.7 Å². The highest BCUT2D eigenvalue weighted by molar-refractivity contribution is 5.69. The second-order valence-electron chi connectivity index (χ2n) is 3.21. The minimum Gasteiger partial charge on any atom is -0.466 e. The molecule has 0 unspecified atom stereocenters. The van der Waals surface area contributed by atoms with Gasteiger partial charge in [-0.1, -0.05) is 18.9 Å². The summed E-state index contributed by atoms with van der Waals surface area (Å²) in [6, 6.07) is 0. The van der Waals surface area contributed by atoms with E-state index in [1.165, 1.54) is 6.08 Å². The third kappa shape index (κ3) is 7.80. The molecular formula is C11H20O3. The lowest BCUT2D eigenvalue weighted by molar-refractivity contribution is -0.143. The van der Waals surface area contributed by atoms with Crippen molar-refractivity contribution in [3.05, 3.63) is 12.7 Å². The lowest BCUT2D eigenvalue weighted by Crippen LogP contribution is -2.04. The number of hydrogen-bond donors (Lipinski definition) is 1. The normalized spacial score (nSPS) is 12.1. The van der Waals surface area contributed by atoms with Crippen LogP contribution in [0.5, 0.6) is 0 Å². The molecule has 0 aliphatic heterocycles. The Morgan fingerprint density at radius 3 is 2.79 bits per heavy atom. The summed E-state index contributed by atoms with van der Waals surface area (Å²) in [6.45, 7) is 5.74. The standard InChI is InChI=1S/C11H20O3/c1-3-10(12)8-6-5-7-9-11(13)14-4-2/h3,10,12H,1,4-9H2,2H3/t10-/m1/s1. The van der Waals surface area contributed by atoms with E-state index >= 15 is 0 Å². The first-order valence-corrected chi connectivity index (χ1v) is 5.17. The smallest absolute Gasteiger partial charge is 0.305 e. The van der Waals surface area contributed by atoms with Gasteiger partial charge in [0.2, 0.25) is 0 Å². The van der Waals surface area contributed by atoms with E-state index in [1.807, 2.05) is 0 Å². The molecule has 82 valence electrons. The maximum atomic E-state index is 10.9. The lowest BCUT2D eigenvalue weighted by atomic mass is 10.1. The van der Waals surface area contributed by atoms with Gasteiger partial charge < -0.3 is 9.84 Å². The highest BCUT2D eigenvalue weighted by Crippen LogP contribution is 2.06. The van der Waals surface area contributed by atoms with Gasteiger partial charge >= 0.3 is 5.97 Å². The number of carbonyl (C=O) groups excluding carboxylic acids is 1. The van der Waals surface area contributed by atoms with Gasteiger partial charge in [-0.2, -0.15) is 0 Å². The van der Waals surface area contributed by atoms with E-state index in [1.54, 1.807) is 6.92 Å². The fourth-order valence-corrected chi connectivity index (χ4v) is 1.15. The second-order valence-corrected chi connectivity index (χ2v) is 3.21. The average molecular weight is 200 g/mol. The minimum absolute atomic E-state index is 0.128. The molecule has 0 amide bonds. The summed E-state index contributed by atoms with van der Waals surface area (Å²) in [7, 11) is 0. The molecule has 0 spiro atoms. The number of carbonyl (C=O) groups is 1. The van der Waals surface area contributed by atoms with E-state index in [-0.39, 0.29) is 5.97 Å². The van der Waals surface area contributed by atoms with Crippen molar-refractivity contribution in [2.75, 3.05) is 6.61 Å². The Morgan fingerprint density at radius 2 is 2.21 bits per heavy atom. The Labute approximate surface area is 85.8 Å². The van der Waals surface area contributed by atoms with Crippen molar-refractivity contribution in [3.63, 3.8) is 0 Å². The van der Waals surface area contributed by atoms with Gasteiger partial charge in [-0.25, -0.2) is 0 Å². The van der Waals surface area contributed by atoms with Crippen molar-refractivity contribution in [3.8, 4) is 0 Å². The Bertz CT molecular complexity index is 166. The second kappa shape index (κ2) is 8.75. The van der Waals surface area contributed by atoms with E-state index in [0.717, 1.165) is 25.7 Å². The van der Waals surface area contributed by atoms with Crippen molar-refractivity contribution in [2.45, 2.75) is 45.1 Å². The zero-order valence-corrected chi connectivity index (χ0v) is 8.87. The number of ether oxygens (including phenoxy) is 1. The van der Waals surface area contributed by atoms with Crippen LogP contribution in [0.1, 0.15) is 39.0 Å². The van der Waals surface area contributed by atoms with Crippen molar-refractivity contribution < 1.29 is 14.6 Å². The van der Waals surface area contributed by atoms with Crippen LogP contribution in [0.25, 0.3) is 0 Å². The third-order valence-corrected chi connectivity index (χ3v) is 1.96. The van der Waals surface area contributed by atoms with Crippen LogP contribution in [-0.2, 0) is 9.53 Å². The van der Waals surface area contributed by atoms with Crippen LogP contribution in [0.15, 0.2) is 12.7 Å².